The number of carbonyl (C=O) groups excluding carboxylic acids is 3. The van der Waals surface area contributed by atoms with E-state index < -0.39 is 23.8 Å². The van der Waals surface area contributed by atoms with Crippen molar-refractivity contribution in [3.8, 4) is 0 Å². The number of carbonyl (C=O) groups is 3. The Morgan fingerprint density at radius 3 is 1.98 bits per heavy atom. The van der Waals surface area contributed by atoms with Crippen molar-refractivity contribution in [2.75, 3.05) is 11.9 Å². The van der Waals surface area contributed by atoms with Gasteiger partial charge in [0.1, 0.15) is 17.7 Å². The molecule has 0 aliphatic rings. The summed E-state index contributed by atoms with van der Waals surface area (Å²) in [4.78, 5) is 43.6. The maximum absolute atomic E-state index is 14.6. The van der Waals surface area contributed by atoms with E-state index in [9.17, 15) is 14.4 Å². The number of anilines is 1. The fraction of sp³-hybridized carbons (Fsp3) is 0.595. The third-order valence-corrected chi connectivity index (χ3v) is 7.58. The van der Waals surface area contributed by atoms with E-state index in [1.807, 2.05) is 71.9 Å². The number of hydrogen-bond acceptors (Lipinski definition) is 4. The van der Waals surface area contributed by atoms with Crippen LogP contribution in [0.15, 0.2) is 36.4 Å². The summed E-state index contributed by atoms with van der Waals surface area (Å²) in [6, 6.07) is 10.2. The number of nitrogens with zero attached hydrogens (tertiary/aromatic N) is 1. The van der Waals surface area contributed by atoms with Crippen LogP contribution < -0.4 is 10.6 Å². The molecule has 2 aromatic carbocycles. The summed E-state index contributed by atoms with van der Waals surface area (Å²) >= 11 is 0. The Kier molecular flexibility index (Phi) is 14.4. The largest absolute Gasteiger partial charge is 0.444 e. The first-order valence-corrected chi connectivity index (χ1v) is 16.4. The van der Waals surface area contributed by atoms with Crippen molar-refractivity contribution in [2.24, 2.45) is 5.92 Å². The Bertz CT molecular complexity index is 1210. The third kappa shape index (κ3) is 12.0. The number of unbranched alkanes of at least 4 members (excludes halogenated alkanes) is 5. The van der Waals surface area contributed by atoms with Crippen LogP contribution in [0.5, 0.6) is 0 Å². The topological polar surface area (TPSA) is 87.7 Å². The van der Waals surface area contributed by atoms with E-state index in [-0.39, 0.29) is 17.7 Å². The highest BCUT2D eigenvalue weighted by molar-refractivity contribution is 6.00. The Balaban J connectivity index is 2.61. The van der Waals surface area contributed by atoms with Gasteiger partial charge in [-0.3, -0.25) is 9.59 Å². The molecule has 2 atom stereocenters. The number of benzene rings is 2. The fourth-order valence-corrected chi connectivity index (χ4v) is 5.62. The minimum atomic E-state index is -0.883. The summed E-state index contributed by atoms with van der Waals surface area (Å²) in [5, 5.41) is 6.03. The van der Waals surface area contributed by atoms with E-state index in [4.69, 9.17) is 4.74 Å². The van der Waals surface area contributed by atoms with Crippen LogP contribution >= 0.6 is 0 Å². The van der Waals surface area contributed by atoms with Gasteiger partial charge in [0.25, 0.3) is 5.91 Å². The lowest BCUT2D eigenvalue weighted by Crippen LogP contribution is -2.53. The molecule has 0 radical (unpaired) electrons. The summed E-state index contributed by atoms with van der Waals surface area (Å²) < 4.78 is 5.55. The van der Waals surface area contributed by atoms with Gasteiger partial charge in [0.15, 0.2) is 0 Å². The smallest absolute Gasteiger partial charge is 0.408 e. The SMILES string of the molecule is CCCCCCCCN(C(=O)C(CC(C)C)NC(=O)OC(C)(C)C)C(C(=O)Nc1c(C)cccc1C)c1cc(C)cc(C)c1. The fourth-order valence-electron chi connectivity index (χ4n) is 5.62. The molecule has 2 rings (SSSR count). The van der Waals surface area contributed by atoms with Crippen LogP contribution in [0.1, 0.15) is 120 Å². The van der Waals surface area contributed by atoms with Gasteiger partial charge in [-0.2, -0.15) is 0 Å². The first-order chi connectivity index (χ1) is 20.6. The third-order valence-electron chi connectivity index (χ3n) is 7.58. The molecular formula is C37H57N3O4. The summed E-state index contributed by atoms with van der Waals surface area (Å²) in [7, 11) is 0. The van der Waals surface area contributed by atoms with Gasteiger partial charge in [0.05, 0.1) is 0 Å². The van der Waals surface area contributed by atoms with E-state index in [1.54, 1.807) is 25.7 Å². The van der Waals surface area contributed by atoms with Crippen molar-refractivity contribution in [2.45, 2.75) is 132 Å². The van der Waals surface area contributed by atoms with E-state index in [0.717, 1.165) is 65.6 Å². The molecule has 7 heteroatoms. The van der Waals surface area contributed by atoms with Crippen LogP contribution in [-0.2, 0) is 14.3 Å². The highest BCUT2D eigenvalue weighted by atomic mass is 16.6. The van der Waals surface area contributed by atoms with Crippen LogP contribution in [0.2, 0.25) is 0 Å². The van der Waals surface area contributed by atoms with Gasteiger partial charge in [-0.15, -0.1) is 0 Å². The summed E-state index contributed by atoms with van der Waals surface area (Å²) in [5.74, 6) is -0.427. The first kappa shape index (κ1) is 36.8. The second kappa shape index (κ2) is 17.2. The van der Waals surface area contributed by atoms with Gasteiger partial charge in [0.2, 0.25) is 5.91 Å². The van der Waals surface area contributed by atoms with Gasteiger partial charge < -0.3 is 20.3 Å². The van der Waals surface area contributed by atoms with Crippen LogP contribution in [0, 0.1) is 33.6 Å². The average molecular weight is 608 g/mol. The highest BCUT2D eigenvalue weighted by Gasteiger charge is 2.37. The zero-order valence-electron chi connectivity index (χ0n) is 28.9. The predicted octanol–water partition coefficient (Wildman–Crippen LogP) is 8.73. The number of aryl methyl sites for hydroxylation is 4. The number of ether oxygens (including phenoxy) is 1. The van der Waals surface area contributed by atoms with Gasteiger partial charge in [-0.05, 0) is 83.9 Å². The molecule has 3 amide bonds. The number of nitrogens with one attached hydrogen (secondary N) is 2. The van der Waals surface area contributed by atoms with E-state index >= 15 is 0 Å². The molecule has 2 N–H and O–H groups in total. The van der Waals surface area contributed by atoms with Crippen LogP contribution in [0.3, 0.4) is 0 Å². The molecule has 2 unspecified atom stereocenters. The number of rotatable bonds is 15. The molecule has 44 heavy (non-hydrogen) atoms. The zero-order valence-corrected chi connectivity index (χ0v) is 28.9. The Labute approximate surface area is 266 Å². The normalized spacial score (nSPS) is 12.9. The predicted molar refractivity (Wildman–Crippen MR) is 181 cm³/mol. The van der Waals surface area contributed by atoms with Crippen molar-refractivity contribution in [3.63, 3.8) is 0 Å². The minimum Gasteiger partial charge on any atom is -0.444 e. The van der Waals surface area contributed by atoms with E-state index in [1.165, 1.54) is 6.42 Å². The monoisotopic (exact) mass is 607 g/mol. The van der Waals surface area contributed by atoms with Crippen molar-refractivity contribution < 1.29 is 19.1 Å². The molecule has 0 aliphatic heterocycles. The standard InChI is InChI=1S/C37H57N3O4/c1-11-12-13-14-15-16-20-40(35(42)31(21-25(2)3)38-36(43)44-37(8,9)10)33(30-23-26(4)22-27(5)24-30)34(41)39-32-28(6)18-17-19-29(32)7/h17-19,22-25,31,33H,11-16,20-21H2,1-10H3,(H,38,43)(H,39,41). The molecule has 0 saturated heterocycles. The molecule has 0 bridgehead atoms. The molecule has 244 valence electrons. The average Bonchev–Trinajstić information content (AvgIpc) is 2.89. The molecule has 7 nitrogen and oxygen atoms in total. The van der Waals surface area contributed by atoms with Gasteiger partial charge in [-0.25, -0.2) is 4.79 Å². The molecule has 0 spiro atoms. The Morgan fingerprint density at radius 1 is 0.864 bits per heavy atom. The Morgan fingerprint density at radius 2 is 1.43 bits per heavy atom. The van der Waals surface area contributed by atoms with Gasteiger partial charge in [-0.1, -0.05) is 100 Å². The molecule has 0 fully saturated rings. The van der Waals surface area contributed by atoms with Crippen molar-refractivity contribution in [1.82, 2.24) is 10.2 Å². The number of hydrogen-bond donors (Lipinski definition) is 2. The second-order valence-electron chi connectivity index (χ2n) is 13.7. The highest BCUT2D eigenvalue weighted by Crippen LogP contribution is 2.29. The van der Waals surface area contributed by atoms with Crippen molar-refractivity contribution in [3.05, 3.63) is 64.2 Å². The van der Waals surface area contributed by atoms with Crippen molar-refractivity contribution >= 4 is 23.6 Å². The lowest BCUT2D eigenvalue weighted by Gasteiger charge is -2.35. The maximum Gasteiger partial charge on any atom is 0.408 e. The lowest BCUT2D eigenvalue weighted by atomic mass is 9.96. The van der Waals surface area contributed by atoms with E-state index in [0.29, 0.717) is 13.0 Å². The molecule has 0 aliphatic carbocycles. The van der Waals surface area contributed by atoms with Gasteiger partial charge >= 0.3 is 6.09 Å². The summed E-state index contributed by atoms with van der Waals surface area (Å²) in [5.41, 5.74) is 4.74. The zero-order chi connectivity index (χ0) is 33.0. The number of amides is 3. The second-order valence-corrected chi connectivity index (χ2v) is 13.7. The first-order valence-electron chi connectivity index (χ1n) is 16.4. The number of alkyl carbamates (subject to hydrolysis) is 1. The molecule has 0 aromatic heterocycles. The van der Waals surface area contributed by atoms with Crippen LogP contribution in [-0.4, -0.2) is 41.0 Å². The summed E-state index contributed by atoms with van der Waals surface area (Å²) in [6.45, 7) is 20.0. The Hall–Kier alpha value is -3.35. The van der Waals surface area contributed by atoms with Crippen LogP contribution in [0.25, 0.3) is 0 Å². The molecule has 2 aromatic rings. The summed E-state index contributed by atoms with van der Waals surface area (Å²) in [6.07, 6.45) is 6.05. The van der Waals surface area contributed by atoms with E-state index in [2.05, 4.69) is 23.6 Å². The maximum atomic E-state index is 14.6. The number of para-hydroxylation sites is 1. The lowest BCUT2D eigenvalue weighted by molar-refractivity contribution is -0.141. The van der Waals surface area contributed by atoms with Gasteiger partial charge in [0, 0.05) is 12.2 Å². The van der Waals surface area contributed by atoms with Crippen LogP contribution in [0.4, 0.5) is 10.5 Å². The van der Waals surface area contributed by atoms with Crippen molar-refractivity contribution in [1.29, 1.82) is 0 Å². The minimum absolute atomic E-state index is 0.123. The molecule has 0 saturated carbocycles. The quantitative estimate of drug-likeness (QED) is 0.198. The molecule has 0 heterocycles. The molecular weight excluding hydrogens is 550 g/mol.